The van der Waals surface area contributed by atoms with Crippen LogP contribution in [0.3, 0.4) is 0 Å². The Hall–Kier alpha value is -1.93. The van der Waals surface area contributed by atoms with Gasteiger partial charge in [0.1, 0.15) is 5.78 Å². The molecule has 1 aromatic carbocycles. The Morgan fingerprint density at radius 2 is 1.67 bits per heavy atom. The first-order chi connectivity index (χ1) is 19.6. The maximum Gasteiger partial charge on any atom is 0.416 e. The monoisotopic (exact) mass is 588 g/mol. The van der Waals surface area contributed by atoms with Crippen molar-refractivity contribution >= 4 is 11.7 Å². The Balaban J connectivity index is 1.09. The summed E-state index contributed by atoms with van der Waals surface area (Å²) < 4.78 is 38.9. The van der Waals surface area contributed by atoms with Crippen LogP contribution in [0.4, 0.5) is 13.2 Å². The minimum absolute atomic E-state index is 0.0311. The van der Waals surface area contributed by atoms with Crippen molar-refractivity contribution < 1.29 is 27.9 Å². The van der Waals surface area contributed by atoms with E-state index in [4.69, 9.17) is 0 Å². The molecular weight excluding hydrogens is 541 g/mol. The zero-order valence-corrected chi connectivity index (χ0v) is 25.6. The van der Waals surface area contributed by atoms with Crippen molar-refractivity contribution in [3.63, 3.8) is 0 Å². The third-order valence-corrected chi connectivity index (χ3v) is 12.9. The van der Waals surface area contributed by atoms with Crippen molar-refractivity contribution in [2.24, 2.45) is 34.5 Å². The van der Waals surface area contributed by atoms with E-state index in [1.165, 1.54) is 18.6 Å². The fourth-order valence-corrected chi connectivity index (χ4v) is 10.3. The topological polar surface area (TPSA) is 60.9 Å². The van der Waals surface area contributed by atoms with Crippen LogP contribution in [0.5, 0.6) is 0 Å². The number of nitrogens with zero attached hydrogens (tertiary/aromatic N) is 2. The molecule has 232 valence electrons. The van der Waals surface area contributed by atoms with Crippen molar-refractivity contribution in [2.75, 3.05) is 19.6 Å². The van der Waals surface area contributed by atoms with Crippen molar-refractivity contribution in [3.05, 3.63) is 35.4 Å². The number of amides is 1. The number of hydrogen-bond donors (Lipinski definition) is 1. The first-order valence-corrected chi connectivity index (χ1v) is 16.1. The molecule has 1 saturated heterocycles. The van der Waals surface area contributed by atoms with Crippen LogP contribution in [-0.4, -0.2) is 63.9 Å². The van der Waals surface area contributed by atoms with E-state index in [0.29, 0.717) is 49.1 Å². The van der Waals surface area contributed by atoms with Crippen LogP contribution in [0.25, 0.3) is 0 Å². The molecule has 5 nitrogen and oxygen atoms in total. The summed E-state index contributed by atoms with van der Waals surface area (Å²) in [5.74, 6) is 2.53. The lowest BCUT2D eigenvalue weighted by Gasteiger charge is -2.61. The highest BCUT2D eigenvalue weighted by Gasteiger charge is 2.61. The molecule has 1 aromatic rings. The highest BCUT2D eigenvalue weighted by atomic mass is 19.4. The fourth-order valence-electron chi connectivity index (χ4n) is 10.3. The number of β-amino-alcohol motifs (C(OH)–C–C–N with tert-alkyl or cyclic N) is 1. The molecule has 9 atom stereocenters. The second-order valence-corrected chi connectivity index (χ2v) is 15.2. The molecule has 5 fully saturated rings. The smallest absolute Gasteiger partial charge is 0.389 e. The van der Waals surface area contributed by atoms with Gasteiger partial charge >= 0.3 is 6.18 Å². The Labute approximate surface area is 248 Å². The average Bonchev–Trinajstić information content (AvgIpc) is 3.24. The molecule has 1 amide bonds. The van der Waals surface area contributed by atoms with E-state index in [0.717, 1.165) is 63.5 Å². The average molecular weight is 589 g/mol. The number of benzene rings is 1. The number of carbonyl (C=O) groups excluding carboxylic acids is 2. The number of fused-ring (bicyclic) bond motifs is 5. The molecule has 0 spiro atoms. The largest absolute Gasteiger partial charge is 0.416 e. The van der Waals surface area contributed by atoms with E-state index in [1.54, 1.807) is 4.90 Å². The van der Waals surface area contributed by atoms with Crippen molar-refractivity contribution in [3.8, 4) is 0 Å². The SMILES string of the molecule is C[C@@H]1CN(C(=O)c2ccc(C(F)(F)F)cc2)[C@@H](C)CN1C[C@@]1(O)CC[C@@]2(C)[C@@H](CC[C@@H]3[C@@H]2CC[C@]2(C)C(=O)CC[C@@H]32)C1. The number of carbonyl (C=O) groups is 2. The molecule has 0 radical (unpaired) electrons. The maximum absolute atomic E-state index is 13.2. The Kier molecular flexibility index (Phi) is 7.40. The molecule has 0 aromatic heterocycles. The van der Waals surface area contributed by atoms with Gasteiger partial charge in [-0.3, -0.25) is 14.5 Å². The maximum atomic E-state index is 13.2. The molecule has 42 heavy (non-hydrogen) atoms. The second-order valence-electron chi connectivity index (χ2n) is 15.2. The quantitative estimate of drug-likeness (QED) is 0.433. The van der Waals surface area contributed by atoms with E-state index in [2.05, 4.69) is 25.7 Å². The molecule has 6 rings (SSSR count). The normalized spacial score (nSPS) is 42.6. The van der Waals surface area contributed by atoms with Gasteiger partial charge in [-0.2, -0.15) is 13.2 Å². The van der Waals surface area contributed by atoms with Crippen LogP contribution >= 0.6 is 0 Å². The summed E-state index contributed by atoms with van der Waals surface area (Å²) in [6, 6.07) is 4.39. The minimum atomic E-state index is -4.43. The predicted octanol–water partition coefficient (Wildman–Crippen LogP) is 6.58. The van der Waals surface area contributed by atoms with Crippen LogP contribution in [0, 0.1) is 34.5 Å². The van der Waals surface area contributed by atoms with E-state index >= 15 is 0 Å². The van der Waals surface area contributed by atoms with Crippen LogP contribution < -0.4 is 0 Å². The predicted molar refractivity (Wildman–Crippen MR) is 155 cm³/mol. The van der Waals surface area contributed by atoms with Crippen molar-refractivity contribution in [1.29, 1.82) is 0 Å². The lowest BCUT2D eigenvalue weighted by atomic mass is 9.44. The van der Waals surface area contributed by atoms with Crippen molar-refractivity contribution in [2.45, 2.75) is 109 Å². The van der Waals surface area contributed by atoms with Gasteiger partial charge in [0, 0.05) is 49.1 Å². The highest BCUT2D eigenvalue weighted by molar-refractivity contribution is 5.94. The number of rotatable bonds is 3. The standard InChI is InChI=1S/C34H47F3N2O3/c1-21-19-39(30(41)23-5-7-24(8-6-23)34(35,36)37)22(2)18-38(21)20-33(42)16-15-31(3)25(17-33)9-10-26-27-11-12-29(40)32(27,4)14-13-28(26)31/h5-8,21-22,25-28,42H,9-20H2,1-4H3/t21-,22+,25+,26+,27+,28+,31+,32+,33-/m1/s1. The highest BCUT2D eigenvalue weighted by Crippen LogP contribution is 2.66. The van der Waals surface area contributed by atoms with E-state index in [-0.39, 0.29) is 34.4 Å². The van der Waals surface area contributed by atoms with Crippen LogP contribution in [0.1, 0.15) is 101 Å². The number of hydrogen-bond acceptors (Lipinski definition) is 4. The second kappa shape index (κ2) is 10.3. The van der Waals surface area contributed by atoms with Crippen LogP contribution in [-0.2, 0) is 11.0 Å². The molecular formula is C34H47F3N2O3. The fraction of sp³-hybridized carbons (Fsp3) is 0.765. The third kappa shape index (κ3) is 4.92. The molecule has 1 aliphatic heterocycles. The van der Waals surface area contributed by atoms with Gasteiger partial charge in [0.15, 0.2) is 0 Å². The molecule has 5 aliphatic rings. The van der Waals surface area contributed by atoms with Crippen LogP contribution in [0.15, 0.2) is 24.3 Å². The summed E-state index contributed by atoms with van der Waals surface area (Å²) in [6.07, 6.45) is 4.44. The van der Waals surface area contributed by atoms with Gasteiger partial charge in [-0.05, 0) is 119 Å². The van der Waals surface area contributed by atoms with Gasteiger partial charge in [0.25, 0.3) is 5.91 Å². The van der Waals surface area contributed by atoms with E-state index in [9.17, 15) is 27.9 Å². The molecule has 0 unspecified atom stereocenters. The minimum Gasteiger partial charge on any atom is -0.389 e. The lowest BCUT2D eigenvalue weighted by molar-refractivity contribution is -0.159. The number of ketones is 1. The Morgan fingerprint density at radius 1 is 0.952 bits per heavy atom. The van der Waals surface area contributed by atoms with Gasteiger partial charge in [-0.1, -0.05) is 13.8 Å². The van der Waals surface area contributed by atoms with Gasteiger partial charge < -0.3 is 10.0 Å². The summed E-state index contributed by atoms with van der Waals surface area (Å²) in [5, 5.41) is 12.0. The third-order valence-electron chi connectivity index (χ3n) is 12.9. The summed E-state index contributed by atoms with van der Waals surface area (Å²) in [5.41, 5.74) is -1.15. The molecule has 0 bridgehead atoms. The molecule has 4 aliphatic carbocycles. The zero-order valence-electron chi connectivity index (χ0n) is 25.6. The molecule has 1 heterocycles. The number of aliphatic hydroxyl groups is 1. The van der Waals surface area contributed by atoms with E-state index < -0.39 is 17.3 Å². The number of halogens is 3. The summed E-state index contributed by atoms with van der Waals surface area (Å²) in [7, 11) is 0. The number of Topliss-reactive ketones (excluding diaryl/α,β-unsaturated/α-hetero) is 1. The summed E-state index contributed by atoms with van der Waals surface area (Å²) in [4.78, 5) is 30.1. The summed E-state index contributed by atoms with van der Waals surface area (Å²) in [6.45, 7) is 10.4. The molecule has 4 saturated carbocycles. The van der Waals surface area contributed by atoms with Gasteiger partial charge in [-0.25, -0.2) is 0 Å². The number of piperazine rings is 1. The van der Waals surface area contributed by atoms with Gasteiger partial charge in [-0.15, -0.1) is 0 Å². The Morgan fingerprint density at radius 3 is 2.36 bits per heavy atom. The molecule has 8 heteroatoms. The van der Waals surface area contributed by atoms with Crippen molar-refractivity contribution in [1.82, 2.24) is 9.80 Å². The first-order valence-electron chi connectivity index (χ1n) is 16.1. The van der Waals surface area contributed by atoms with Crippen LogP contribution in [0.2, 0.25) is 0 Å². The summed E-state index contributed by atoms with van der Waals surface area (Å²) >= 11 is 0. The number of alkyl halides is 3. The molecule has 1 N–H and O–H groups in total. The van der Waals surface area contributed by atoms with Gasteiger partial charge in [0.2, 0.25) is 0 Å². The Bertz CT molecular complexity index is 1220. The zero-order chi connectivity index (χ0) is 30.2. The van der Waals surface area contributed by atoms with E-state index in [1.807, 2.05) is 6.92 Å². The van der Waals surface area contributed by atoms with Gasteiger partial charge in [0.05, 0.1) is 11.2 Å². The first kappa shape index (κ1) is 30.1. The lowest BCUT2D eigenvalue weighted by Crippen LogP contribution is -2.62.